The summed E-state index contributed by atoms with van der Waals surface area (Å²) in [7, 11) is -3.95. The summed E-state index contributed by atoms with van der Waals surface area (Å²) in [5.41, 5.74) is 0.308. The van der Waals surface area contributed by atoms with Gasteiger partial charge in [0.2, 0.25) is 0 Å². The molecule has 0 atom stereocenters. The van der Waals surface area contributed by atoms with E-state index in [1.54, 1.807) is 0 Å². The predicted molar refractivity (Wildman–Crippen MR) is 64.0 cm³/mol. The summed E-state index contributed by atoms with van der Waals surface area (Å²) in [5, 5.41) is 9.03. The monoisotopic (exact) mass is 274 g/mol. The molecule has 0 bridgehead atoms. The Morgan fingerprint density at radius 2 is 1.78 bits per heavy atom. The summed E-state index contributed by atoms with van der Waals surface area (Å²) in [6, 6.07) is 5.59. The lowest BCUT2D eigenvalue weighted by Crippen LogP contribution is -2.08. The number of hydrogen-bond acceptors (Lipinski definition) is 5. The van der Waals surface area contributed by atoms with Gasteiger partial charge in [0.25, 0.3) is 10.1 Å². The molecule has 0 spiro atoms. The molecule has 0 aliphatic carbocycles. The van der Waals surface area contributed by atoms with Crippen molar-refractivity contribution in [2.45, 2.75) is 12.8 Å². The van der Waals surface area contributed by atoms with Crippen LogP contribution < -0.4 is 0 Å². The van der Waals surface area contributed by atoms with Crippen LogP contribution in [0.2, 0.25) is 0 Å². The van der Waals surface area contributed by atoms with Gasteiger partial charge in [0, 0.05) is 0 Å². The second kappa shape index (κ2) is 6.36. The number of hydrogen-bond donors (Lipinski definition) is 2. The number of unbranched alkanes of at least 4 members (excludes halogenated alkanes) is 1. The first-order valence-corrected chi connectivity index (χ1v) is 6.91. The summed E-state index contributed by atoms with van der Waals surface area (Å²) in [6.45, 7) is 0.0786. The summed E-state index contributed by atoms with van der Waals surface area (Å²) in [4.78, 5) is 11.4. The van der Waals surface area contributed by atoms with Crippen LogP contribution in [-0.2, 0) is 14.9 Å². The first-order valence-electron chi connectivity index (χ1n) is 5.30. The molecule has 100 valence electrons. The number of aromatic hydroxyl groups is 1. The van der Waals surface area contributed by atoms with Gasteiger partial charge in [0.1, 0.15) is 5.75 Å². The lowest BCUT2D eigenvalue weighted by atomic mass is 10.2. The average Bonchev–Trinajstić information content (AvgIpc) is 2.27. The van der Waals surface area contributed by atoms with E-state index >= 15 is 0 Å². The van der Waals surface area contributed by atoms with Crippen molar-refractivity contribution in [3.63, 3.8) is 0 Å². The SMILES string of the molecule is O=C(OCCCCS(=O)(=O)O)c1ccc(O)cc1. The van der Waals surface area contributed by atoms with Gasteiger partial charge >= 0.3 is 5.97 Å². The van der Waals surface area contributed by atoms with Gasteiger partial charge in [0.05, 0.1) is 17.9 Å². The van der Waals surface area contributed by atoms with Crippen molar-refractivity contribution in [1.29, 1.82) is 0 Å². The molecule has 0 aliphatic heterocycles. The number of phenolic OH excluding ortho intramolecular Hbond substituents is 1. The number of rotatable bonds is 6. The van der Waals surface area contributed by atoms with Gasteiger partial charge in [-0.05, 0) is 37.1 Å². The highest BCUT2D eigenvalue weighted by Gasteiger charge is 2.07. The standard InChI is InChI=1S/C11H14O6S/c12-10-5-3-9(4-6-10)11(13)17-7-1-2-8-18(14,15)16/h3-6,12H,1-2,7-8H2,(H,14,15,16). The molecular weight excluding hydrogens is 260 g/mol. The van der Waals surface area contributed by atoms with E-state index in [2.05, 4.69) is 0 Å². The van der Waals surface area contributed by atoms with Gasteiger partial charge in [-0.1, -0.05) is 0 Å². The van der Waals surface area contributed by atoms with Gasteiger partial charge in [-0.2, -0.15) is 8.42 Å². The van der Waals surface area contributed by atoms with Crippen LogP contribution in [0.25, 0.3) is 0 Å². The summed E-state index contributed by atoms with van der Waals surface area (Å²) in [6.07, 6.45) is 0.575. The largest absolute Gasteiger partial charge is 0.508 e. The van der Waals surface area contributed by atoms with Gasteiger partial charge in [0.15, 0.2) is 0 Å². The molecule has 2 N–H and O–H groups in total. The first kappa shape index (κ1) is 14.5. The van der Waals surface area contributed by atoms with E-state index in [1.165, 1.54) is 24.3 Å². The van der Waals surface area contributed by atoms with Crippen molar-refractivity contribution in [3.8, 4) is 5.75 Å². The van der Waals surface area contributed by atoms with Crippen LogP contribution in [0.3, 0.4) is 0 Å². The van der Waals surface area contributed by atoms with E-state index in [4.69, 9.17) is 14.4 Å². The third-order valence-electron chi connectivity index (χ3n) is 2.13. The van der Waals surface area contributed by atoms with Crippen molar-refractivity contribution >= 4 is 16.1 Å². The zero-order valence-electron chi connectivity index (χ0n) is 9.57. The Morgan fingerprint density at radius 1 is 1.17 bits per heavy atom. The van der Waals surface area contributed by atoms with Crippen LogP contribution in [0.5, 0.6) is 5.75 Å². The number of carbonyl (C=O) groups is 1. The fourth-order valence-electron chi connectivity index (χ4n) is 1.23. The van der Waals surface area contributed by atoms with E-state index in [1.807, 2.05) is 0 Å². The maximum atomic E-state index is 11.4. The number of esters is 1. The smallest absolute Gasteiger partial charge is 0.338 e. The van der Waals surface area contributed by atoms with Crippen LogP contribution in [0.1, 0.15) is 23.2 Å². The van der Waals surface area contributed by atoms with Gasteiger partial charge in [-0.25, -0.2) is 4.79 Å². The minimum atomic E-state index is -3.95. The Hall–Kier alpha value is -1.60. The van der Waals surface area contributed by atoms with E-state index in [-0.39, 0.29) is 24.5 Å². The molecule has 0 fully saturated rings. The zero-order chi connectivity index (χ0) is 13.6. The number of ether oxygens (including phenoxy) is 1. The van der Waals surface area contributed by atoms with E-state index in [0.717, 1.165) is 0 Å². The lowest BCUT2D eigenvalue weighted by Gasteiger charge is -2.04. The molecule has 1 rings (SSSR count). The molecule has 0 aromatic heterocycles. The molecule has 6 nitrogen and oxygen atoms in total. The fourth-order valence-corrected chi connectivity index (χ4v) is 1.80. The third-order valence-corrected chi connectivity index (χ3v) is 2.94. The Morgan fingerprint density at radius 3 is 2.33 bits per heavy atom. The van der Waals surface area contributed by atoms with Gasteiger partial charge < -0.3 is 9.84 Å². The fraction of sp³-hybridized carbons (Fsp3) is 0.364. The lowest BCUT2D eigenvalue weighted by molar-refractivity contribution is 0.0500. The Labute approximate surface area is 105 Å². The zero-order valence-corrected chi connectivity index (χ0v) is 10.4. The maximum absolute atomic E-state index is 11.4. The Balaban J connectivity index is 2.28. The molecule has 18 heavy (non-hydrogen) atoms. The van der Waals surface area contributed by atoms with Gasteiger partial charge in [-0.15, -0.1) is 0 Å². The molecule has 1 aromatic carbocycles. The predicted octanol–water partition coefficient (Wildman–Crippen LogP) is 1.22. The van der Waals surface area contributed by atoms with E-state index in [9.17, 15) is 13.2 Å². The Kier molecular flexibility index (Phi) is 5.11. The van der Waals surface area contributed by atoms with Crippen LogP contribution in [-0.4, -0.2) is 36.4 Å². The van der Waals surface area contributed by atoms with Crippen molar-refractivity contribution < 1.29 is 27.6 Å². The second-order valence-corrected chi connectivity index (χ2v) is 5.25. The van der Waals surface area contributed by atoms with Crippen LogP contribution in [0.4, 0.5) is 0 Å². The molecule has 0 aliphatic rings. The molecule has 0 amide bonds. The van der Waals surface area contributed by atoms with Crippen LogP contribution in [0, 0.1) is 0 Å². The van der Waals surface area contributed by atoms with Crippen molar-refractivity contribution in [1.82, 2.24) is 0 Å². The summed E-state index contributed by atoms with van der Waals surface area (Å²) >= 11 is 0. The number of carbonyl (C=O) groups excluding carboxylic acids is 1. The molecular formula is C11H14O6S. The molecule has 1 aromatic rings. The van der Waals surface area contributed by atoms with E-state index in [0.29, 0.717) is 12.0 Å². The first-order chi connectivity index (χ1) is 8.38. The molecule has 0 saturated carbocycles. The highest BCUT2D eigenvalue weighted by atomic mass is 32.2. The third kappa shape index (κ3) is 5.65. The minimum absolute atomic E-state index is 0.0553. The molecule has 0 unspecified atom stereocenters. The highest BCUT2D eigenvalue weighted by molar-refractivity contribution is 7.85. The average molecular weight is 274 g/mol. The quantitative estimate of drug-likeness (QED) is 0.459. The maximum Gasteiger partial charge on any atom is 0.338 e. The number of benzene rings is 1. The topological polar surface area (TPSA) is 101 Å². The summed E-state index contributed by atoms with van der Waals surface area (Å²) < 4.78 is 34.2. The van der Waals surface area contributed by atoms with Crippen LogP contribution in [0.15, 0.2) is 24.3 Å². The molecule has 7 heteroatoms. The highest BCUT2D eigenvalue weighted by Crippen LogP contribution is 2.10. The molecule has 0 saturated heterocycles. The summed E-state index contributed by atoms with van der Waals surface area (Å²) in [5.74, 6) is -0.828. The minimum Gasteiger partial charge on any atom is -0.508 e. The van der Waals surface area contributed by atoms with Crippen LogP contribution >= 0.6 is 0 Å². The Bertz CT molecular complexity index is 491. The van der Waals surface area contributed by atoms with Crippen molar-refractivity contribution in [2.75, 3.05) is 12.4 Å². The van der Waals surface area contributed by atoms with Crippen molar-refractivity contribution in [3.05, 3.63) is 29.8 Å². The second-order valence-electron chi connectivity index (χ2n) is 3.68. The number of phenols is 1. The molecule has 0 radical (unpaired) electrons. The molecule has 0 heterocycles. The van der Waals surface area contributed by atoms with Crippen molar-refractivity contribution in [2.24, 2.45) is 0 Å². The van der Waals surface area contributed by atoms with E-state index < -0.39 is 16.1 Å². The van der Waals surface area contributed by atoms with Gasteiger partial charge in [-0.3, -0.25) is 4.55 Å². The normalized spacial score (nSPS) is 11.2.